The highest BCUT2D eigenvalue weighted by Crippen LogP contribution is 2.40. The molecule has 0 saturated carbocycles. The van der Waals surface area contributed by atoms with Crippen LogP contribution in [0.15, 0.2) is 204 Å². The van der Waals surface area contributed by atoms with E-state index in [0.29, 0.717) is 32.9 Å². The maximum atomic E-state index is 15.7. The van der Waals surface area contributed by atoms with Gasteiger partial charge < -0.3 is 9.13 Å². The minimum Gasteiger partial charge on any atom is -0.308 e. The van der Waals surface area contributed by atoms with Gasteiger partial charge >= 0.3 is 0 Å². The van der Waals surface area contributed by atoms with E-state index in [-0.39, 0.29) is 10.9 Å². The minimum atomic E-state index is -0.145. The number of hydrogen-bond acceptors (Lipinski definition) is 2. The molecule has 246 valence electrons. The van der Waals surface area contributed by atoms with Gasteiger partial charge in [-0.15, -0.1) is 0 Å². The Morgan fingerprint density at radius 2 is 0.692 bits per heavy atom. The van der Waals surface area contributed by atoms with E-state index in [1.807, 2.05) is 182 Å². The molecule has 0 N–H and O–H groups in total. The van der Waals surface area contributed by atoms with Crippen LogP contribution in [0.25, 0.3) is 77.9 Å². The Balaban J connectivity index is 1.60. The third-order valence-corrected chi connectivity index (χ3v) is 9.72. The molecule has 52 heavy (non-hydrogen) atoms. The Morgan fingerprint density at radius 3 is 1.15 bits per heavy atom. The van der Waals surface area contributed by atoms with Crippen LogP contribution >= 0.6 is 0 Å². The van der Waals surface area contributed by atoms with Crippen LogP contribution < -0.4 is 10.9 Å². The third-order valence-electron chi connectivity index (χ3n) is 9.72. The molecule has 0 saturated heterocycles. The molecule has 0 bridgehead atoms. The van der Waals surface area contributed by atoms with Crippen molar-refractivity contribution in [2.75, 3.05) is 0 Å². The zero-order chi connectivity index (χ0) is 35.0. The van der Waals surface area contributed by atoms with Gasteiger partial charge in [0, 0.05) is 16.8 Å². The van der Waals surface area contributed by atoms with Crippen LogP contribution in [0.1, 0.15) is 0 Å². The molecule has 9 rings (SSSR count). The molecule has 0 fully saturated rings. The zero-order valence-electron chi connectivity index (χ0n) is 28.2. The molecular weight excluding hydrogens is 637 g/mol. The summed E-state index contributed by atoms with van der Waals surface area (Å²) in [6.07, 6.45) is 0. The zero-order valence-corrected chi connectivity index (χ0v) is 28.2. The molecule has 4 nitrogen and oxygen atoms in total. The van der Waals surface area contributed by atoms with Gasteiger partial charge in [-0.3, -0.25) is 9.59 Å². The summed E-state index contributed by atoms with van der Waals surface area (Å²) >= 11 is 0. The number of fused-ring (bicyclic) bond motifs is 3. The number of pyridine rings is 2. The normalized spacial score (nSPS) is 11.2. The highest BCUT2D eigenvalue weighted by atomic mass is 16.1. The lowest BCUT2D eigenvalue weighted by Crippen LogP contribution is -2.20. The van der Waals surface area contributed by atoms with Gasteiger partial charge in [0.1, 0.15) is 0 Å². The molecule has 0 spiro atoms. The topological polar surface area (TPSA) is 44.0 Å². The fourth-order valence-electron chi connectivity index (χ4n) is 7.50. The maximum absolute atomic E-state index is 15.7. The molecule has 0 aliphatic carbocycles. The van der Waals surface area contributed by atoms with Crippen LogP contribution in [-0.2, 0) is 0 Å². The Morgan fingerprint density at radius 1 is 0.327 bits per heavy atom. The lowest BCUT2D eigenvalue weighted by atomic mass is 9.92. The van der Waals surface area contributed by atoms with Crippen LogP contribution in [0, 0.1) is 0 Å². The Hall–Kier alpha value is -7.04. The van der Waals surface area contributed by atoms with Crippen molar-refractivity contribution in [2.24, 2.45) is 0 Å². The molecule has 7 aromatic carbocycles. The van der Waals surface area contributed by atoms with Crippen molar-refractivity contribution in [2.45, 2.75) is 0 Å². The highest BCUT2D eigenvalue weighted by molar-refractivity contribution is 6.11. The molecular formula is C48H32N2O2. The summed E-state index contributed by atoms with van der Waals surface area (Å²) in [6.45, 7) is 0. The monoisotopic (exact) mass is 668 g/mol. The van der Waals surface area contributed by atoms with Gasteiger partial charge in [-0.1, -0.05) is 158 Å². The van der Waals surface area contributed by atoms with Crippen molar-refractivity contribution in [1.82, 2.24) is 9.13 Å². The van der Waals surface area contributed by atoms with Crippen molar-refractivity contribution >= 4 is 21.8 Å². The quantitative estimate of drug-likeness (QED) is 0.166. The average Bonchev–Trinajstić information content (AvgIpc) is 3.22. The predicted octanol–water partition coefficient (Wildman–Crippen LogP) is 11.0. The Labute approximate surface area is 300 Å². The van der Waals surface area contributed by atoms with Crippen LogP contribution in [0.4, 0.5) is 0 Å². The lowest BCUT2D eigenvalue weighted by molar-refractivity contribution is 1.09. The van der Waals surface area contributed by atoms with Gasteiger partial charge in [-0.25, -0.2) is 0 Å². The van der Waals surface area contributed by atoms with Crippen molar-refractivity contribution in [3.63, 3.8) is 0 Å². The third kappa shape index (κ3) is 5.09. The molecule has 2 aromatic heterocycles. The largest absolute Gasteiger partial charge is 0.308 e. The fraction of sp³-hybridized carbons (Fsp3) is 0. The summed E-state index contributed by atoms with van der Waals surface area (Å²) in [6, 6.07) is 63.8. The van der Waals surface area contributed by atoms with Crippen molar-refractivity contribution in [3.8, 4) is 56.1 Å². The number of nitrogens with zero attached hydrogens (tertiary/aromatic N) is 2. The molecule has 0 atom stereocenters. The standard InChI is InChI=1S/C48H32N2O2/c51-47-39-31-32-40-43(46(39)50(38-29-17-6-18-30-38)45(36-25-13-4-14-26-36)41(47)33-19-7-1-8-20-33)48(52)42(34-21-9-2-10-22-34)44(35-23-11-3-12-24-35)49(40)37-27-15-5-16-28-37/h1-32H. The predicted molar refractivity (Wildman–Crippen MR) is 214 cm³/mol. The van der Waals surface area contributed by atoms with Crippen molar-refractivity contribution in [3.05, 3.63) is 215 Å². The highest BCUT2D eigenvalue weighted by Gasteiger charge is 2.27. The first-order valence-electron chi connectivity index (χ1n) is 17.4. The van der Waals surface area contributed by atoms with Crippen LogP contribution in [0.2, 0.25) is 0 Å². The molecule has 0 aliphatic rings. The summed E-state index contributed by atoms with van der Waals surface area (Å²) in [7, 11) is 0. The average molecular weight is 669 g/mol. The summed E-state index contributed by atoms with van der Waals surface area (Å²) in [4.78, 5) is 30.8. The number of aromatic nitrogens is 2. The SMILES string of the molecule is O=c1c(-c2ccccc2)c(-c2ccccc2)n(-c2ccccc2)c2c1ccc1c2c(=O)c(-c2ccccc2)c(-c2ccccc2)n1-c1ccccc1. The molecule has 0 aliphatic heterocycles. The molecule has 9 aromatic rings. The van der Waals surface area contributed by atoms with E-state index in [2.05, 4.69) is 21.3 Å². The first-order valence-corrected chi connectivity index (χ1v) is 17.4. The van der Waals surface area contributed by atoms with Gasteiger partial charge in [0.2, 0.25) is 0 Å². The van der Waals surface area contributed by atoms with E-state index in [0.717, 1.165) is 45.0 Å². The molecule has 4 heteroatoms. The van der Waals surface area contributed by atoms with Gasteiger partial charge in [-0.05, 0) is 58.7 Å². The number of para-hydroxylation sites is 2. The fourth-order valence-corrected chi connectivity index (χ4v) is 7.50. The second-order valence-corrected chi connectivity index (χ2v) is 12.8. The molecule has 2 heterocycles. The van der Waals surface area contributed by atoms with E-state index >= 15 is 9.59 Å². The summed E-state index contributed by atoms with van der Waals surface area (Å²) in [5.74, 6) is 0. The van der Waals surface area contributed by atoms with E-state index < -0.39 is 0 Å². The van der Waals surface area contributed by atoms with E-state index in [9.17, 15) is 0 Å². The van der Waals surface area contributed by atoms with E-state index in [1.54, 1.807) is 0 Å². The lowest BCUT2D eigenvalue weighted by Gasteiger charge is -2.25. The Bertz CT molecular complexity index is 2830. The van der Waals surface area contributed by atoms with Crippen molar-refractivity contribution in [1.29, 1.82) is 0 Å². The first-order chi connectivity index (χ1) is 25.7. The summed E-state index contributed by atoms with van der Waals surface area (Å²) in [5.41, 5.74) is 8.79. The van der Waals surface area contributed by atoms with Gasteiger partial charge in [0.05, 0.1) is 38.9 Å². The summed E-state index contributed by atoms with van der Waals surface area (Å²) < 4.78 is 4.31. The first kappa shape index (κ1) is 31.0. The molecule has 0 radical (unpaired) electrons. The summed E-state index contributed by atoms with van der Waals surface area (Å²) in [5, 5.41) is 0.940. The van der Waals surface area contributed by atoms with Gasteiger partial charge in [-0.2, -0.15) is 0 Å². The number of rotatable bonds is 6. The number of hydrogen-bond donors (Lipinski definition) is 0. The Kier molecular flexibility index (Phi) is 7.75. The van der Waals surface area contributed by atoms with Crippen LogP contribution in [-0.4, -0.2) is 9.13 Å². The number of benzene rings is 7. The molecule has 0 amide bonds. The second-order valence-electron chi connectivity index (χ2n) is 12.8. The smallest absolute Gasteiger partial charge is 0.200 e. The second kappa shape index (κ2) is 13.0. The maximum Gasteiger partial charge on any atom is 0.200 e. The van der Waals surface area contributed by atoms with E-state index in [4.69, 9.17) is 0 Å². The van der Waals surface area contributed by atoms with Gasteiger partial charge in [0.25, 0.3) is 0 Å². The van der Waals surface area contributed by atoms with Crippen LogP contribution in [0.5, 0.6) is 0 Å². The van der Waals surface area contributed by atoms with Gasteiger partial charge in [0.15, 0.2) is 10.9 Å². The van der Waals surface area contributed by atoms with Crippen LogP contribution in [0.3, 0.4) is 0 Å². The van der Waals surface area contributed by atoms with Crippen molar-refractivity contribution < 1.29 is 0 Å². The minimum absolute atomic E-state index is 0.131. The molecule has 0 unspecified atom stereocenters. The van der Waals surface area contributed by atoms with E-state index in [1.165, 1.54) is 0 Å².